The number of nitrogens with one attached hydrogen (secondary N) is 1. The summed E-state index contributed by atoms with van der Waals surface area (Å²) in [7, 11) is 0. The number of nitrogens with zero attached hydrogens (tertiary/aromatic N) is 5. The Kier molecular flexibility index (Phi) is 4.19. The van der Waals surface area contributed by atoms with E-state index >= 15 is 0 Å². The summed E-state index contributed by atoms with van der Waals surface area (Å²) in [5, 5.41) is 3.26. The first-order valence-electron chi connectivity index (χ1n) is 7.08. The number of hydrogen-bond donors (Lipinski definition) is 1. The van der Waals surface area contributed by atoms with Crippen molar-refractivity contribution in [2.45, 2.75) is 32.7 Å². The lowest BCUT2D eigenvalue weighted by Crippen LogP contribution is -2.21. The van der Waals surface area contributed by atoms with Crippen molar-refractivity contribution in [1.29, 1.82) is 0 Å². The van der Waals surface area contributed by atoms with E-state index in [1.807, 2.05) is 6.92 Å². The zero-order valence-electron chi connectivity index (χ0n) is 11.8. The predicted molar refractivity (Wildman–Crippen MR) is 79.5 cm³/mol. The second-order valence-electron chi connectivity index (χ2n) is 4.85. The van der Waals surface area contributed by atoms with Crippen LogP contribution in [0.3, 0.4) is 0 Å². The highest BCUT2D eigenvalue weighted by molar-refractivity contribution is 6.28. The van der Waals surface area contributed by atoms with E-state index in [1.54, 1.807) is 6.20 Å². The van der Waals surface area contributed by atoms with E-state index in [0.29, 0.717) is 24.3 Å². The van der Waals surface area contributed by atoms with E-state index in [1.165, 1.54) is 0 Å². The van der Waals surface area contributed by atoms with Crippen LogP contribution in [0.4, 0.5) is 11.9 Å². The number of oxazole rings is 1. The fourth-order valence-electron chi connectivity index (χ4n) is 2.23. The second-order valence-corrected chi connectivity index (χ2v) is 5.19. The normalized spacial score (nSPS) is 14.7. The summed E-state index contributed by atoms with van der Waals surface area (Å²) in [5.41, 5.74) is 0. The molecule has 0 amide bonds. The monoisotopic (exact) mass is 308 g/mol. The number of aryl methyl sites for hydroxylation is 1. The molecule has 3 heterocycles. The van der Waals surface area contributed by atoms with Gasteiger partial charge in [0.15, 0.2) is 0 Å². The van der Waals surface area contributed by atoms with Crippen molar-refractivity contribution in [2.24, 2.45) is 0 Å². The average Bonchev–Trinajstić information content (AvgIpc) is 3.16. The first kappa shape index (κ1) is 14.1. The van der Waals surface area contributed by atoms with Gasteiger partial charge in [0.2, 0.25) is 23.1 Å². The van der Waals surface area contributed by atoms with Crippen molar-refractivity contribution in [3.63, 3.8) is 0 Å². The molecule has 2 aromatic rings. The van der Waals surface area contributed by atoms with Gasteiger partial charge in [0.05, 0.1) is 12.7 Å². The molecular formula is C13H17ClN6O. The molecule has 0 aliphatic carbocycles. The van der Waals surface area contributed by atoms with Crippen LogP contribution in [0.25, 0.3) is 0 Å². The van der Waals surface area contributed by atoms with Gasteiger partial charge in [0.25, 0.3) is 0 Å². The molecule has 21 heavy (non-hydrogen) atoms. The van der Waals surface area contributed by atoms with Crippen LogP contribution < -0.4 is 10.2 Å². The maximum atomic E-state index is 5.97. The molecule has 1 fully saturated rings. The smallest absolute Gasteiger partial charge is 0.231 e. The van der Waals surface area contributed by atoms with E-state index < -0.39 is 0 Å². The Hall–Kier alpha value is -1.89. The van der Waals surface area contributed by atoms with Crippen molar-refractivity contribution >= 4 is 23.5 Å². The Morgan fingerprint density at radius 1 is 1.29 bits per heavy atom. The first-order valence-corrected chi connectivity index (χ1v) is 7.46. The third-order valence-corrected chi connectivity index (χ3v) is 3.50. The Bertz CT molecular complexity index is 610. The summed E-state index contributed by atoms with van der Waals surface area (Å²) in [6.45, 7) is 4.35. The number of hydrogen-bond acceptors (Lipinski definition) is 7. The summed E-state index contributed by atoms with van der Waals surface area (Å²) >= 11 is 5.97. The van der Waals surface area contributed by atoms with Crippen LogP contribution in [-0.4, -0.2) is 33.0 Å². The largest absolute Gasteiger partial charge is 0.444 e. The number of anilines is 2. The third kappa shape index (κ3) is 3.41. The van der Waals surface area contributed by atoms with Crippen LogP contribution in [0.15, 0.2) is 10.6 Å². The Balaban J connectivity index is 1.69. The summed E-state index contributed by atoms with van der Waals surface area (Å²) in [4.78, 5) is 18.9. The molecule has 0 atom stereocenters. The zero-order chi connectivity index (χ0) is 14.7. The summed E-state index contributed by atoms with van der Waals surface area (Å²) in [5.74, 6) is 2.52. The van der Waals surface area contributed by atoms with Gasteiger partial charge < -0.3 is 14.6 Å². The molecule has 1 N–H and O–H groups in total. The molecule has 3 rings (SSSR count). The third-order valence-electron chi connectivity index (χ3n) is 3.33. The molecule has 0 spiro atoms. The Morgan fingerprint density at radius 2 is 2.10 bits per heavy atom. The Morgan fingerprint density at radius 3 is 2.81 bits per heavy atom. The van der Waals surface area contributed by atoms with Crippen LogP contribution in [0.1, 0.15) is 31.4 Å². The molecule has 7 nitrogen and oxygen atoms in total. The highest BCUT2D eigenvalue weighted by atomic mass is 35.5. The molecule has 0 saturated carbocycles. The lowest BCUT2D eigenvalue weighted by atomic mass is 10.4. The molecule has 1 aliphatic heterocycles. The minimum atomic E-state index is 0.191. The maximum Gasteiger partial charge on any atom is 0.231 e. The number of rotatable bonds is 5. The SMILES string of the molecule is CCc1cnc(CNc2nc(Cl)nc(N3CCCC3)n2)o1. The van der Waals surface area contributed by atoms with Gasteiger partial charge in [-0.2, -0.15) is 15.0 Å². The minimum Gasteiger partial charge on any atom is -0.444 e. The van der Waals surface area contributed by atoms with Crippen molar-refractivity contribution in [3.05, 3.63) is 23.1 Å². The minimum absolute atomic E-state index is 0.191. The van der Waals surface area contributed by atoms with Gasteiger partial charge in [-0.25, -0.2) is 4.98 Å². The summed E-state index contributed by atoms with van der Waals surface area (Å²) in [6, 6.07) is 0. The Labute approximate surface area is 127 Å². The van der Waals surface area contributed by atoms with Crippen LogP contribution in [0.2, 0.25) is 5.28 Å². The van der Waals surface area contributed by atoms with Gasteiger partial charge in [0, 0.05) is 19.5 Å². The lowest BCUT2D eigenvalue weighted by molar-refractivity contribution is 0.465. The molecule has 0 radical (unpaired) electrons. The van der Waals surface area contributed by atoms with Crippen LogP contribution in [0, 0.1) is 0 Å². The molecule has 112 valence electrons. The molecule has 1 saturated heterocycles. The molecule has 0 bridgehead atoms. The second kappa shape index (κ2) is 6.26. The predicted octanol–water partition coefficient (Wildman–Crippen LogP) is 2.29. The highest BCUT2D eigenvalue weighted by Gasteiger charge is 2.17. The molecule has 2 aromatic heterocycles. The van der Waals surface area contributed by atoms with Gasteiger partial charge in [0.1, 0.15) is 5.76 Å². The highest BCUT2D eigenvalue weighted by Crippen LogP contribution is 2.18. The maximum absolute atomic E-state index is 5.97. The molecule has 0 unspecified atom stereocenters. The van der Waals surface area contributed by atoms with Crippen molar-refractivity contribution in [2.75, 3.05) is 23.3 Å². The molecule has 8 heteroatoms. The quantitative estimate of drug-likeness (QED) is 0.907. The molecular weight excluding hydrogens is 292 g/mol. The average molecular weight is 309 g/mol. The van der Waals surface area contributed by atoms with Crippen molar-refractivity contribution in [1.82, 2.24) is 19.9 Å². The van der Waals surface area contributed by atoms with Gasteiger partial charge >= 0.3 is 0 Å². The van der Waals surface area contributed by atoms with E-state index in [4.69, 9.17) is 16.0 Å². The van der Waals surface area contributed by atoms with Crippen LogP contribution in [0.5, 0.6) is 0 Å². The fraction of sp³-hybridized carbons (Fsp3) is 0.538. The summed E-state index contributed by atoms with van der Waals surface area (Å²) < 4.78 is 5.53. The van der Waals surface area contributed by atoms with E-state index in [2.05, 4.69) is 30.2 Å². The van der Waals surface area contributed by atoms with Gasteiger partial charge in [-0.3, -0.25) is 0 Å². The lowest BCUT2D eigenvalue weighted by Gasteiger charge is -2.15. The number of halogens is 1. The number of aromatic nitrogens is 4. The van der Waals surface area contributed by atoms with E-state index in [-0.39, 0.29) is 5.28 Å². The summed E-state index contributed by atoms with van der Waals surface area (Å²) in [6.07, 6.45) is 4.86. The van der Waals surface area contributed by atoms with Crippen LogP contribution in [-0.2, 0) is 13.0 Å². The first-order chi connectivity index (χ1) is 10.2. The van der Waals surface area contributed by atoms with Crippen molar-refractivity contribution in [3.8, 4) is 0 Å². The van der Waals surface area contributed by atoms with Gasteiger partial charge in [-0.15, -0.1) is 0 Å². The van der Waals surface area contributed by atoms with Crippen molar-refractivity contribution < 1.29 is 4.42 Å². The van der Waals surface area contributed by atoms with Crippen LogP contribution >= 0.6 is 11.6 Å². The topological polar surface area (TPSA) is 80.0 Å². The van der Waals surface area contributed by atoms with Gasteiger partial charge in [-0.05, 0) is 24.4 Å². The molecule has 0 aromatic carbocycles. The fourth-order valence-corrected chi connectivity index (χ4v) is 2.38. The standard InChI is InChI=1S/C13H17ClN6O/c1-2-9-7-15-10(21-9)8-16-12-17-11(14)18-13(19-12)20-5-3-4-6-20/h7H,2-6,8H2,1H3,(H,16,17,18,19). The van der Waals surface area contributed by atoms with E-state index in [0.717, 1.165) is 38.1 Å². The molecule has 1 aliphatic rings. The van der Waals surface area contributed by atoms with E-state index in [9.17, 15) is 0 Å². The van der Waals surface area contributed by atoms with Gasteiger partial charge in [-0.1, -0.05) is 6.92 Å². The zero-order valence-corrected chi connectivity index (χ0v) is 12.6.